The topological polar surface area (TPSA) is 92.8 Å². The summed E-state index contributed by atoms with van der Waals surface area (Å²) in [5.74, 6) is -0.167. The number of hydrogen-bond donors (Lipinski definition) is 1. The molecule has 0 saturated heterocycles. The minimum atomic E-state index is -4.10. The molecule has 4 aromatic rings. The lowest BCUT2D eigenvalue weighted by molar-refractivity contribution is -0.114. The largest absolute Gasteiger partial charge is 0.496 e. The monoisotopic (exact) mass is 570 g/mol. The van der Waals surface area contributed by atoms with Crippen molar-refractivity contribution >= 4 is 33.1 Å². The van der Waals surface area contributed by atoms with E-state index in [9.17, 15) is 18.0 Å². The Labute approximate surface area is 241 Å². The molecule has 0 bridgehead atoms. The molecular weight excluding hydrogens is 536 g/mol. The number of amides is 1. The number of nitrogens with one attached hydrogen (secondary N) is 1. The number of sulfonamides is 1. The summed E-state index contributed by atoms with van der Waals surface area (Å²) in [7, 11) is -2.58. The summed E-state index contributed by atoms with van der Waals surface area (Å²) in [6, 6.07) is 27.1. The molecule has 4 aromatic carbocycles. The highest BCUT2D eigenvalue weighted by Crippen LogP contribution is 2.28. The number of anilines is 2. The van der Waals surface area contributed by atoms with E-state index in [0.717, 1.165) is 9.87 Å². The first-order valence-corrected chi connectivity index (χ1v) is 14.6. The van der Waals surface area contributed by atoms with Crippen LogP contribution in [0.5, 0.6) is 5.75 Å². The molecule has 8 heteroatoms. The van der Waals surface area contributed by atoms with Gasteiger partial charge >= 0.3 is 0 Å². The van der Waals surface area contributed by atoms with Crippen molar-refractivity contribution in [3.8, 4) is 5.75 Å². The van der Waals surface area contributed by atoms with Gasteiger partial charge in [0.05, 0.1) is 17.7 Å². The SMILES string of the molecule is COc1ccc(S(=O)(=O)N(CC(=O)Nc2cccc(C(=O)c3ccc(C(C)(C)C)cc3)c2)c2ccccc2)cc1C. The van der Waals surface area contributed by atoms with Crippen molar-refractivity contribution in [1.29, 1.82) is 0 Å². The van der Waals surface area contributed by atoms with E-state index < -0.39 is 22.5 Å². The van der Waals surface area contributed by atoms with Crippen molar-refractivity contribution in [3.05, 3.63) is 119 Å². The Hall–Kier alpha value is -4.43. The highest BCUT2D eigenvalue weighted by molar-refractivity contribution is 7.92. The fourth-order valence-corrected chi connectivity index (χ4v) is 5.91. The van der Waals surface area contributed by atoms with Crippen molar-refractivity contribution in [1.82, 2.24) is 0 Å². The fraction of sp³-hybridized carbons (Fsp3) is 0.212. The van der Waals surface area contributed by atoms with Gasteiger partial charge < -0.3 is 10.1 Å². The standard InChI is InChI=1S/C33H34N2O5S/c1-23-20-29(18-19-30(23)40-5)41(38,39)35(28-12-7-6-8-13-28)22-31(36)34-27-11-9-10-25(21-27)32(37)24-14-16-26(17-15-24)33(2,3)4/h6-21H,22H2,1-5H3,(H,34,36). The third-order valence-electron chi connectivity index (χ3n) is 6.71. The molecule has 0 aromatic heterocycles. The van der Waals surface area contributed by atoms with E-state index >= 15 is 0 Å². The number of rotatable bonds is 9. The smallest absolute Gasteiger partial charge is 0.264 e. The second-order valence-corrected chi connectivity index (χ2v) is 12.6. The van der Waals surface area contributed by atoms with Gasteiger partial charge in [-0.05, 0) is 65.9 Å². The number of hydrogen-bond acceptors (Lipinski definition) is 5. The van der Waals surface area contributed by atoms with E-state index in [1.165, 1.54) is 19.2 Å². The number of ketones is 1. The molecule has 0 aliphatic rings. The number of benzene rings is 4. The van der Waals surface area contributed by atoms with Crippen molar-refractivity contribution in [2.24, 2.45) is 0 Å². The molecule has 0 unspecified atom stereocenters. The van der Waals surface area contributed by atoms with Crippen molar-refractivity contribution in [2.75, 3.05) is 23.3 Å². The zero-order valence-corrected chi connectivity index (χ0v) is 24.7. The molecule has 1 N–H and O–H groups in total. The number of carbonyl (C=O) groups excluding carboxylic acids is 2. The molecule has 0 saturated carbocycles. The second-order valence-electron chi connectivity index (χ2n) is 10.8. The Balaban J connectivity index is 1.56. The first-order chi connectivity index (χ1) is 19.4. The van der Waals surface area contributed by atoms with Crippen molar-refractivity contribution in [2.45, 2.75) is 38.0 Å². The van der Waals surface area contributed by atoms with Crippen LogP contribution in [0.3, 0.4) is 0 Å². The van der Waals surface area contributed by atoms with Crippen molar-refractivity contribution in [3.63, 3.8) is 0 Å². The summed E-state index contributed by atoms with van der Waals surface area (Å²) in [5, 5.41) is 2.75. The Morgan fingerprint density at radius 2 is 1.51 bits per heavy atom. The normalized spacial score (nSPS) is 11.5. The molecule has 41 heavy (non-hydrogen) atoms. The predicted molar refractivity (Wildman–Crippen MR) is 162 cm³/mol. The molecule has 0 aliphatic heterocycles. The molecule has 0 spiro atoms. The molecule has 0 fully saturated rings. The van der Waals surface area contributed by atoms with Crippen LogP contribution in [-0.2, 0) is 20.2 Å². The van der Waals surface area contributed by atoms with Crippen LogP contribution in [0.15, 0.2) is 102 Å². The average molecular weight is 571 g/mol. The molecule has 0 atom stereocenters. The van der Waals surface area contributed by atoms with Gasteiger partial charge in [-0.25, -0.2) is 8.42 Å². The summed E-state index contributed by atoms with van der Waals surface area (Å²) < 4.78 is 33.8. The van der Waals surface area contributed by atoms with Crippen LogP contribution in [-0.4, -0.2) is 33.8 Å². The first kappa shape index (κ1) is 29.6. The summed E-state index contributed by atoms with van der Waals surface area (Å²) in [5.41, 5.74) is 3.43. The van der Waals surface area contributed by atoms with Gasteiger partial charge in [-0.15, -0.1) is 0 Å². The number of nitrogens with zero attached hydrogens (tertiary/aromatic N) is 1. The third-order valence-corrected chi connectivity index (χ3v) is 8.48. The van der Waals surface area contributed by atoms with Gasteiger partial charge in [0.1, 0.15) is 12.3 Å². The van der Waals surface area contributed by atoms with Gasteiger partial charge in [-0.2, -0.15) is 0 Å². The van der Waals surface area contributed by atoms with E-state index in [4.69, 9.17) is 4.74 Å². The van der Waals surface area contributed by atoms with Crippen LogP contribution in [0, 0.1) is 6.92 Å². The van der Waals surface area contributed by atoms with E-state index in [0.29, 0.717) is 33.8 Å². The number of ether oxygens (including phenoxy) is 1. The summed E-state index contributed by atoms with van der Waals surface area (Å²) in [6.07, 6.45) is 0. The van der Waals surface area contributed by atoms with E-state index in [2.05, 4.69) is 26.1 Å². The summed E-state index contributed by atoms with van der Waals surface area (Å²) in [4.78, 5) is 26.4. The van der Waals surface area contributed by atoms with E-state index in [-0.39, 0.29) is 16.1 Å². The maximum absolute atomic E-state index is 13.7. The first-order valence-electron chi connectivity index (χ1n) is 13.2. The molecule has 212 valence electrons. The number of para-hydroxylation sites is 1. The number of methoxy groups -OCH3 is 1. The lowest BCUT2D eigenvalue weighted by atomic mass is 9.86. The van der Waals surface area contributed by atoms with Crippen LogP contribution >= 0.6 is 0 Å². The molecule has 0 aliphatic carbocycles. The molecule has 7 nitrogen and oxygen atoms in total. The Morgan fingerprint density at radius 3 is 2.12 bits per heavy atom. The lowest BCUT2D eigenvalue weighted by Crippen LogP contribution is -2.38. The predicted octanol–water partition coefficient (Wildman–Crippen LogP) is 6.37. The van der Waals surface area contributed by atoms with Gasteiger partial charge in [0, 0.05) is 16.8 Å². The van der Waals surface area contributed by atoms with Crippen LogP contribution in [0.2, 0.25) is 0 Å². The second kappa shape index (κ2) is 12.0. The average Bonchev–Trinajstić information content (AvgIpc) is 2.95. The summed E-state index contributed by atoms with van der Waals surface area (Å²) >= 11 is 0. The van der Waals surface area contributed by atoms with Gasteiger partial charge in [0.15, 0.2) is 5.78 Å². The van der Waals surface area contributed by atoms with Gasteiger partial charge in [-0.1, -0.05) is 75.4 Å². The quantitative estimate of drug-likeness (QED) is 0.236. The minimum Gasteiger partial charge on any atom is -0.496 e. The molecular formula is C33H34N2O5S. The zero-order valence-electron chi connectivity index (χ0n) is 23.8. The molecule has 0 heterocycles. The lowest BCUT2D eigenvalue weighted by Gasteiger charge is -2.24. The maximum Gasteiger partial charge on any atom is 0.264 e. The third kappa shape index (κ3) is 6.84. The Kier molecular flexibility index (Phi) is 8.63. The molecule has 4 rings (SSSR count). The minimum absolute atomic E-state index is 0.0287. The van der Waals surface area contributed by atoms with Gasteiger partial charge in [-0.3, -0.25) is 13.9 Å². The highest BCUT2D eigenvalue weighted by Gasteiger charge is 2.28. The molecule has 0 radical (unpaired) electrons. The summed E-state index contributed by atoms with van der Waals surface area (Å²) in [6.45, 7) is 7.61. The highest BCUT2D eigenvalue weighted by atomic mass is 32.2. The van der Waals surface area contributed by atoms with Gasteiger partial charge in [0.25, 0.3) is 10.0 Å². The number of carbonyl (C=O) groups is 2. The zero-order chi connectivity index (χ0) is 29.8. The number of aryl methyl sites for hydroxylation is 1. The van der Waals surface area contributed by atoms with Gasteiger partial charge in [0.2, 0.25) is 5.91 Å². The molecule has 1 amide bonds. The van der Waals surface area contributed by atoms with Crippen LogP contribution in [0.25, 0.3) is 0 Å². The van der Waals surface area contributed by atoms with Crippen LogP contribution in [0.4, 0.5) is 11.4 Å². The van der Waals surface area contributed by atoms with E-state index in [1.807, 2.05) is 12.1 Å². The van der Waals surface area contributed by atoms with Crippen molar-refractivity contribution < 1.29 is 22.7 Å². The Morgan fingerprint density at radius 1 is 0.829 bits per heavy atom. The fourth-order valence-electron chi connectivity index (χ4n) is 4.41. The van der Waals surface area contributed by atoms with Crippen LogP contribution < -0.4 is 14.4 Å². The van der Waals surface area contributed by atoms with Crippen LogP contribution in [0.1, 0.15) is 47.8 Å². The maximum atomic E-state index is 13.7. The van der Waals surface area contributed by atoms with E-state index in [1.54, 1.807) is 79.7 Å². The Bertz CT molecular complexity index is 1660.